The van der Waals surface area contributed by atoms with Gasteiger partial charge in [-0.1, -0.05) is 12.1 Å². The Bertz CT molecular complexity index is 473. The maximum atomic E-state index is 11.3. The lowest BCUT2D eigenvalue weighted by Crippen LogP contribution is -1.94. The van der Waals surface area contributed by atoms with Crippen LogP contribution in [0.1, 0.15) is 5.89 Å². The molecule has 0 atom stereocenters. The molecule has 0 N–H and O–H groups in total. The van der Waals surface area contributed by atoms with Crippen LogP contribution in [0, 0.1) is 6.92 Å². The molecule has 0 radical (unpaired) electrons. The van der Waals surface area contributed by atoms with Gasteiger partial charge in [-0.3, -0.25) is 4.79 Å². The van der Waals surface area contributed by atoms with Crippen molar-refractivity contribution >= 4 is 11.1 Å². The molecule has 3 heteroatoms. The van der Waals surface area contributed by atoms with E-state index < -0.39 is 0 Å². The van der Waals surface area contributed by atoms with Crippen molar-refractivity contribution in [2.24, 2.45) is 0 Å². The Morgan fingerprint density at radius 1 is 1.33 bits per heavy atom. The lowest BCUT2D eigenvalue weighted by atomic mass is 10.4. The van der Waals surface area contributed by atoms with E-state index in [0.29, 0.717) is 17.0 Å². The van der Waals surface area contributed by atoms with Gasteiger partial charge in [-0.25, -0.2) is 4.98 Å². The molecule has 0 aliphatic rings. The molecule has 1 heterocycles. The normalized spacial score (nSPS) is 10.4. The number of hydrogen-bond donors (Lipinski definition) is 0. The summed E-state index contributed by atoms with van der Waals surface area (Å²) in [5.74, 6) is 0.522. The van der Waals surface area contributed by atoms with Gasteiger partial charge in [0.15, 0.2) is 17.0 Å². The zero-order chi connectivity index (χ0) is 8.55. The quantitative estimate of drug-likeness (QED) is 0.588. The Hall–Kier alpha value is -1.64. The molecule has 1 aromatic carbocycles. The lowest BCUT2D eigenvalue weighted by molar-refractivity contribution is 0.561. The zero-order valence-electron chi connectivity index (χ0n) is 6.57. The van der Waals surface area contributed by atoms with Gasteiger partial charge in [0.1, 0.15) is 0 Å². The predicted octanol–water partition coefficient (Wildman–Crippen LogP) is 1.50. The molecule has 0 fully saturated rings. The first-order valence-corrected chi connectivity index (χ1v) is 3.64. The van der Waals surface area contributed by atoms with Crippen LogP contribution in [0.3, 0.4) is 0 Å². The van der Waals surface area contributed by atoms with E-state index in [0.717, 1.165) is 0 Å². The van der Waals surface area contributed by atoms with Crippen LogP contribution in [0.5, 0.6) is 0 Å². The molecule has 0 saturated heterocycles. The fourth-order valence-corrected chi connectivity index (χ4v) is 1.10. The van der Waals surface area contributed by atoms with Gasteiger partial charge < -0.3 is 4.42 Å². The fourth-order valence-electron chi connectivity index (χ4n) is 1.10. The Morgan fingerprint density at radius 2 is 2.08 bits per heavy atom. The monoisotopic (exact) mass is 161 g/mol. The average Bonchev–Trinajstić information content (AvgIpc) is 2.33. The van der Waals surface area contributed by atoms with E-state index in [1.165, 1.54) is 6.07 Å². The van der Waals surface area contributed by atoms with Gasteiger partial charge in [0.25, 0.3) is 0 Å². The third-order valence-electron chi connectivity index (χ3n) is 1.60. The van der Waals surface area contributed by atoms with Crippen molar-refractivity contribution in [1.82, 2.24) is 4.98 Å². The highest BCUT2D eigenvalue weighted by molar-refractivity contribution is 5.71. The second-order valence-corrected chi connectivity index (χ2v) is 2.53. The van der Waals surface area contributed by atoms with Gasteiger partial charge in [-0.05, 0) is 12.1 Å². The highest BCUT2D eigenvalue weighted by Gasteiger charge is 2.01. The molecule has 0 amide bonds. The van der Waals surface area contributed by atoms with Crippen molar-refractivity contribution in [1.29, 1.82) is 0 Å². The number of fused-ring (bicyclic) bond motifs is 1. The Morgan fingerprint density at radius 3 is 2.92 bits per heavy atom. The number of hydrogen-bond acceptors (Lipinski definition) is 3. The highest BCUT2D eigenvalue weighted by atomic mass is 16.3. The molecular formula is C9H7NO2. The minimum atomic E-state index is -0.105. The fraction of sp³-hybridized carbons (Fsp3) is 0.111. The lowest BCUT2D eigenvalue weighted by Gasteiger charge is -1.72. The van der Waals surface area contributed by atoms with Gasteiger partial charge in [0.2, 0.25) is 5.43 Å². The molecular weight excluding hydrogens is 154 g/mol. The van der Waals surface area contributed by atoms with E-state index >= 15 is 0 Å². The largest absolute Gasteiger partial charge is 0.441 e. The molecule has 0 unspecified atom stereocenters. The summed E-state index contributed by atoms with van der Waals surface area (Å²) in [6.45, 7) is 1.72. The molecule has 0 aliphatic carbocycles. The van der Waals surface area contributed by atoms with Crippen LogP contribution >= 0.6 is 0 Å². The summed E-state index contributed by atoms with van der Waals surface area (Å²) in [6, 6.07) is 6.64. The zero-order valence-corrected chi connectivity index (χ0v) is 6.57. The van der Waals surface area contributed by atoms with Crippen molar-refractivity contribution in [2.45, 2.75) is 6.92 Å². The van der Waals surface area contributed by atoms with Crippen LogP contribution in [-0.2, 0) is 0 Å². The first-order valence-electron chi connectivity index (χ1n) is 3.64. The van der Waals surface area contributed by atoms with Gasteiger partial charge in [-0.2, -0.15) is 0 Å². The van der Waals surface area contributed by atoms with Gasteiger partial charge in [0, 0.05) is 6.92 Å². The van der Waals surface area contributed by atoms with E-state index in [4.69, 9.17) is 4.42 Å². The Balaban J connectivity index is 3.03. The van der Waals surface area contributed by atoms with E-state index in [2.05, 4.69) is 4.98 Å². The standard InChI is InChI=1S/C9H7NO2/c1-6-10-9-7(11)4-2-3-5-8(9)12-6/h2-5H,1H3. The van der Waals surface area contributed by atoms with Gasteiger partial charge >= 0.3 is 0 Å². The van der Waals surface area contributed by atoms with E-state index in [9.17, 15) is 4.79 Å². The number of oxazole rings is 1. The molecule has 12 heavy (non-hydrogen) atoms. The van der Waals surface area contributed by atoms with Crippen LogP contribution in [-0.4, -0.2) is 4.98 Å². The van der Waals surface area contributed by atoms with Crippen molar-refractivity contribution in [3.63, 3.8) is 0 Å². The SMILES string of the molecule is Cc1nc2c(=O)ccccc2o1. The van der Waals surface area contributed by atoms with E-state index in [1.807, 2.05) is 0 Å². The van der Waals surface area contributed by atoms with Crippen molar-refractivity contribution in [3.05, 3.63) is 40.4 Å². The summed E-state index contributed by atoms with van der Waals surface area (Å²) in [7, 11) is 0. The maximum Gasteiger partial charge on any atom is 0.208 e. The third kappa shape index (κ3) is 0.993. The predicted molar refractivity (Wildman–Crippen MR) is 45.0 cm³/mol. The smallest absolute Gasteiger partial charge is 0.208 e. The van der Waals surface area contributed by atoms with Gasteiger partial charge in [-0.15, -0.1) is 0 Å². The minimum Gasteiger partial charge on any atom is -0.441 e. The molecule has 0 bridgehead atoms. The van der Waals surface area contributed by atoms with Crippen molar-refractivity contribution < 1.29 is 4.42 Å². The Kier molecular flexibility index (Phi) is 1.43. The summed E-state index contributed by atoms with van der Waals surface area (Å²) >= 11 is 0. The molecule has 1 aromatic heterocycles. The number of rotatable bonds is 0. The van der Waals surface area contributed by atoms with Crippen LogP contribution in [0.4, 0.5) is 0 Å². The number of aromatic nitrogens is 1. The van der Waals surface area contributed by atoms with Crippen LogP contribution in [0.2, 0.25) is 0 Å². The summed E-state index contributed by atoms with van der Waals surface area (Å²) in [6.07, 6.45) is 0. The summed E-state index contributed by atoms with van der Waals surface area (Å²) in [5, 5.41) is 0. The Labute approximate surface area is 68.7 Å². The summed E-state index contributed by atoms with van der Waals surface area (Å²) in [4.78, 5) is 15.2. The van der Waals surface area contributed by atoms with Crippen LogP contribution in [0.25, 0.3) is 11.1 Å². The third-order valence-corrected chi connectivity index (χ3v) is 1.60. The highest BCUT2D eigenvalue weighted by Crippen LogP contribution is 2.08. The minimum absolute atomic E-state index is 0.105. The van der Waals surface area contributed by atoms with E-state index in [1.54, 1.807) is 25.1 Å². The van der Waals surface area contributed by atoms with Crippen LogP contribution in [0.15, 0.2) is 33.5 Å². The first kappa shape index (κ1) is 7.03. The molecule has 0 saturated carbocycles. The second kappa shape index (κ2) is 2.44. The number of nitrogens with zero attached hydrogens (tertiary/aromatic N) is 1. The summed E-state index contributed by atoms with van der Waals surface area (Å²) < 4.78 is 5.20. The second-order valence-electron chi connectivity index (χ2n) is 2.53. The molecule has 60 valence electrons. The van der Waals surface area contributed by atoms with Crippen LogP contribution < -0.4 is 5.43 Å². The first-order chi connectivity index (χ1) is 5.77. The van der Waals surface area contributed by atoms with Crippen molar-refractivity contribution in [3.8, 4) is 0 Å². The molecule has 2 rings (SSSR count). The maximum absolute atomic E-state index is 11.3. The molecule has 3 nitrogen and oxygen atoms in total. The topological polar surface area (TPSA) is 43.1 Å². The average molecular weight is 161 g/mol. The van der Waals surface area contributed by atoms with E-state index in [-0.39, 0.29) is 5.43 Å². The summed E-state index contributed by atoms with van der Waals surface area (Å²) in [5.41, 5.74) is 0.840. The number of aryl methyl sites for hydroxylation is 1. The molecule has 2 aromatic rings. The van der Waals surface area contributed by atoms with Gasteiger partial charge in [0.05, 0.1) is 0 Å². The van der Waals surface area contributed by atoms with Crippen molar-refractivity contribution in [2.75, 3.05) is 0 Å². The molecule has 0 spiro atoms. The molecule has 0 aliphatic heterocycles.